The first kappa shape index (κ1) is 11.4. The average Bonchev–Trinajstić information content (AvgIpc) is 2.64. The van der Waals surface area contributed by atoms with Crippen molar-refractivity contribution in [3.8, 4) is 5.75 Å². The fourth-order valence-corrected chi connectivity index (χ4v) is 2.18. The van der Waals surface area contributed by atoms with Crippen molar-refractivity contribution in [1.82, 2.24) is 4.98 Å². The quantitative estimate of drug-likeness (QED) is 0.789. The second-order valence-electron chi connectivity index (χ2n) is 4.32. The molecular formula is C14H10N2O3. The molecule has 5 nitrogen and oxygen atoms in total. The average molecular weight is 254 g/mol. The SMILES string of the molecule is Cc1cc(O)ccc1N1C(=O)c2cccnc2C1=O. The predicted octanol–water partition coefficient (Wildman–Crippen LogP) is 1.90. The number of amides is 2. The molecule has 0 atom stereocenters. The van der Waals surface area contributed by atoms with Gasteiger partial charge < -0.3 is 5.11 Å². The number of carbonyl (C=O) groups is 2. The Kier molecular flexibility index (Phi) is 2.35. The first-order valence-corrected chi connectivity index (χ1v) is 5.73. The zero-order valence-electron chi connectivity index (χ0n) is 10.1. The summed E-state index contributed by atoms with van der Waals surface area (Å²) in [5, 5.41) is 9.38. The zero-order valence-corrected chi connectivity index (χ0v) is 10.1. The summed E-state index contributed by atoms with van der Waals surface area (Å²) in [7, 11) is 0. The maximum Gasteiger partial charge on any atom is 0.284 e. The third-order valence-electron chi connectivity index (χ3n) is 3.07. The number of phenols is 1. The number of pyridine rings is 1. The second kappa shape index (κ2) is 3.91. The highest BCUT2D eigenvalue weighted by atomic mass is 16.3. The second-order valence-corrected chi connectivity index (χ2v) is 4.32. The molecule has 19 heavy (non-hydrogen) atoms. The van der Waals surface area contributed by atoms with E-state index in [1.807, 2.05) is 0 Å². The number of aromatic hydroxyl groups is 1. The number of rotatable bonds is 1. The Morgan fingerprint density at radius 3 is 2.63 bits per heavy atom. The van der Waals surface area contributed by atoms with Crippen LogP contribution in [0.25, 0.3) is 0 Å². The van der Waals surface area contributed by atoms with E-state index in [4.69, 9.17) is 0 Å². The molecule has 2 amide bonds. The first-order valence-electron chi connectivity index (χ1n) is 5.73. The number of anilines is 1. The molecule has 0 saturated carbocycles. The molecule has 5 heteroatoms. The van der Waals surface area contributed by atoms with Crippen molar-refractivity contribution in [3.05, 3.63) is 53.3 Å². The van der Waals surface area contributed by atoms with Crippen molar-refractivity contribution in [2.45, 2.75) is 6.92 Å². The number of aromatic nitrogens is 1. The number of benzene rings is 1. The third kappa shape index (κ3) is 1.59. The molecule has 0 radical (unpaired) electrons. The van der Waals surface area contributed by atoms with E-state index in [1.54, 1.807) is 25.1 Å². The fraction of sp³-hybridized carbons (Fsp3) is 0.0714. The van der Waals surface area contributed by atoms with Crippen molar-refractivity contribution in [2.75, 3.05) is 4.90 Å². The largest absolute Gasteiger partial charge is 0.508 e. The summed E-state index contributed by atoms with van der Waals surface area (Å²) in [6.07, 6.45) is 1.48. The van der Waals surface area contributed by atoms with Gasteiger partial charge in [-0.15, -0.1) is 0 Å². The predicted molar refractivity (Wildman–Crippen MR) is 68.2 cm³/mol. The lowest BCUT2D eigenvalue weighted by Gasteiger charge is -2.16. The van der Waals surface area contributed by atoms with Crippen molar-refractivity contribution in [1.29, 1.82) is 0 Å². The molecule has 3 rings (SSSR count). The lowest BCUT2D eigenvalue weighted by Crippen LogP contribution is -2.30. The first-order chi connectivity index (χ1) is 9.09. The molecule has 2 aromatic rings. The summed E-state index contributed by atoms with van der Waals surface area (Å²) in [4.78, 5) is 29.5. The minimum Gasteiger partial charge on any atom is -0.508 e. The molecule has 0 aliphatic carbocycles. The smallest absolute Gasteiger partial charge is 0.284 e. The maximum atomic E-state index is 12.2. The van der Waals surface area contributed by atoms with Crippen LogP contribution >= 0.6 is 0 Å². The molecule has 0 unspecified atom stereocenters. The van der Waals surface area contributed by atoms with E-state index < -0.39 is 5.91 Å². The van der Waals surface area contributed by atoms with Crippen LogP contribution in [-0.4, -0.2) is 21.9 Å². The van der Waals surface area contributed by atoms with Gasteiger partial charge in [0.15, 0.2) is 0 Å². The highest BCUT2D eigenvalue weighted by molar-refractivity contribution is 6.33. The van der Waals surface area contributed by atoms with E-state index in [1.165, 1.54) is 18.3 Å². The molecule has 94 valence electrons. The fourth-order valence-electron chi connectivity index (χ4n) is 2.18. The molecule has 0 spiro atoms. The van der Waals surface area contributed by atoms with Crippen LogP contribution in [0.15, 0.2) is 36.5 Å². The van der Waals surface area contributed by atoms with Gasteiger partial charge in [-0.1, -0.05) is 0 Å². The van der Waals surface area contributed by atoms with Crippen LogP contribution in [-0.2, 0) is 0 Å². The minimum absolute atomic E-state index is 0.0935. The Labute approximate surface area is 109 Å². The van der Waals surface area contributed by atoms with E-state index >= 15 is 0 Å². The van der Waals surface area contributed by atoms with Crippen LogP contribution in [0, 0.1) is 6.92 Å². The van der Waals surface area contributed by atoms with Crippen LogP contribution in [0.1, 0.15) is 26.4 Å². The van der Waals surface area contributed by atoms with Crippen LogP contribution < -0.4 is 4.90 Å². The van der Waals surface area contributed by atoms with E-state index in [0.717, 1.165) is 4.90 Å². The Morgan fingerprint density at radius 1 is 1.16 bits per heavy atom. The van der Waals surface area contributed by atoms with Crippen molar-refractivity contribution < 1.29 is 14.7 Å². The van der Waals surface area contributed by atoms with E-state index in [2.05, 4.69) is 4.98 Å². The van der Waals surface area contributed by atoms with Gasteiger partial charge in [-0.3, -0.25) is 14.6 Å². The minimum atomic E-state index is -0.436. The molecule has 0 bridgehead atoms. The summed E-state index contributed by atoms with van der Waals surface area (Å²) < 4.78 is 0. The van der Waals surface area contributed by atoms with Crippen LogP contribution in [0.2, 0.25) is 0 Å². The van der Waals surface area contributed by atoms with E-state index in [9.17, 15) is 14.7 Å². The van der Waals surface area contributed by atoms with Crippen LogP contribution in [0.5, 0.6) is 5.75 Å². The highest BCUT2D eigenvalue weighted by Gasteiger charge is 2.38. The summed E-state index contributed by atoms with van der Waals surface area (Å²) in [6, 6.07) is 7.70. The lowest BCUT2D eigenvalue weighted by atomic mass is 10.1. The number of fused-ring (bicyclic) bond motifs is 1. The molecule has 0 fully saturated rings. The highest BCUT2D eigenvalue weighted by Crippen LogP contribution is 2.30. The number of aryl methyl sites for hydroxylation is 1. The van der Waals surface area contributed by atoms with Gasteiger partial charge in [-0.05, 0) is 42.8 Å². The molecule has 1 aliphatic heterocycles. The van der Waals surface area contributed by atoms with Gasteiger partial charge in [0.05, 0.1) is 11.3 Å². The van der Waals surface area contributed by atoms with Gasteiger partial charge in [0.1, 0.15) is 11.4 Å². The van der Waals surface area contributed by atoms with Gasteiger partial charge in [-0.2, -0.15) is 0 Å². The number of carbonyl (C=O) groups excluding carboxylic acids is 2. The summed E-state index contributed by atoms with van der Waals surface area (Å²) in [5.74, 6) is -0.729. The molecule has 1 N–H and O–H groups in total. The normalized spacial score (nSPS) is 13.8. The number of phenolic OH excluding ortho intramolecular Hbond substituents is 1. The van der Waals surface area contributed by atoms with E-state index in [-0.39, 0.29) is 17.4 Å². The van der Waals surface area contributed by atoms with Crippen molar-refractivity contribution >= 4 is 17.5 Å². The molecular weight excluding hydrogens is 244 g/mol. The van der Waals surface area contributed by atoms with Crippen molar-refractivity contribution in [2.24, 2.45) is 0 Å². The van der Waals surface area contributed by atoms with E-state index in [0.29, 0.717) is 16.8 Å². The maximum absolute atomic E-state index is 12.2. The lowest BCUT2D eigenvalue weighted by molar-refractivity contribution is 0.0924. The number of hydrogen-bond donors (Lipinski definition) is 1. The van der Waals surface area contributed by atoms with Gasteiger partial charge in [0.2, 0.25) is 0 Å². The molecule has 2 heterocycles. The third-order valence-corrected chi connectivity index (χ3v) is 3.07. The van der Waals surface area contributed by atoms with Gasteiger partial charge in [0, 0.05) is 6.20 Å². The van der Waals surface area contributed by atoms with Gasteiger partial charge in [0.25, 0.3) is 11.8 Å². The Morgan fingerprint density at radius 2 is 1.95 bits per heavy atom. The van der Waals surface area contributed by atoms with Gasteiger partial charge in [-0.25, -0.2) is 4.90 Å². The number of imide groups is 1. The standard InChI is InChI=1S/C14H10N2O3/c1-8-7-9(17)4-5-11(8)16-13(18)10-3-2-6-15-12(10)14(16)19/h2-7,17H,1H3. The number of nitrogens with zero attached hydrogens (tertiary/aromatic N) is 2. The Bertz CT molecular complexity index is 675. The Balaban J connectivity index is 2.14. The zero-order chi connectivity index (χ0) is 13.6. The molecule has 0 saturated heterocycles. The monoisotopic (exact) mass is 254 g/mol. The summed E-state index contributed by atoms with van der Waals surface area (Å²) in [6.45, 7) is 1.73. The van der Waals surface area contributed by atoms with Crippen LogP contribution in [0.3, 0.4) is 0 Å². The summed E-state index contributed by atoms with van der Waals surface area (Å²) in [5.41, 5.74) is 1.58. The molecule has 1 aromatic heterocycles. The summed E-state index contributed by atoms with van der Waals surface area (Å²) >= 11 is 0. The number of hydrogen-bond acceptors (Lipinski definition) is 4. The Hall–Kier alpha value is -2.69. The van der Waals surface area contributed by atoms with Crippen molar-refractivity contribution in [3.63, 3.8) is 0 Å². The molecule has 1 aromatic carbocycles. The van der Waals surface area contributed by atoms with Crippen LogP contribution in [0.4, 0.5) is 5.69 Å². The molecule has 1 aliphatic rings. The topological polar surface area (TPSA) is 70.5 Å². The van der Waals surface area contributed by atoms with Gasteiger partial charge >= 0.3 is 0 Å².